The van der Waals surface area contributed by atoms with Gasteiger partial charge in [0.1, 0.15) is 12.4 Å². The summed E-state index contributed by atoms with van der Waals surface area (Å²) in [5.74, 6) is -0.152. The first-order valence-corrected chi connectivity index (χ1v) is 9.02. The lowest BCUT2D eigenvalue weighted by molar-refractivity contribution is -0.139. The Kier molecular flexibility index (Phi) is 6.20. The second-order valence-electron chi connectivity index (χ2n) is 6.31. The summed E-state index contributed by atoms with van der Waals surface area (Å²) in [4.78, 5) is 16.7. The third-order valence-electron chi connectivity index (χ3n) is 4.12. The molecule has 0 atom stereocenters. The molecule has 1 aromatic carbocycles. The number of fused-ring (bicyclic) bond motifs is 1. The highest BCUT2D eigenvalue weighted by Gasteiger charge is 2.34. The Hall–Kier alpha value is -3.62. The molecule has 0 aliphatic carbocycles. The Morgan fingerprint density at radius 2 is 2.10 bits per heavy atom. The van der Waals surface area contributed by atoms with Crippen LogP contribution in [-0.4, -0.2) is 21.9 Å². The van der Waals surface area contributed by atoms with Crippen LogP contribution in [0.15, 0.2) is 76.7 Å². The van der Waals surface area contributed by atoms with E-state index in [9.17, 15) is 18.0 Å². The number of alkyl halides is 3. The minimum Gasteiger partial charge on any atom is -0.487 e. The lowest BCUT2D eigenvalue weighted by Crippen LogP contribution is -2.31. The van der Waals surface area contributed by atoms with Crippen LogP contribution in [0.25, 0.3) is 0 Å². The van der Waals surface area contributed by atoms with Crippen molar-refractivity contribution in [2.24, 2.45) is 5.10 Å². The number of nitrogens with one attached hydrogen (secondary N) is 1. The van der Waals surface area contributed by atoms with Gasteiger partial charge in [-0.1, -0.05) is 43.0 Å². The van der Waals surface area contributed by atoms with Crippen molar-refractivity contribution >= 4 is 11.7 Å². The minimum atomic E-state index is -4.55. The van der Waals surface area contributed by atoms with E-state index in [-0.39, 0.29) is 24.0 Å². The van der Waals surface area contributed by atoms with E-state index in [0.717, 1.165) is 10.7 Å². The number of nitrogens with zero attached hydrogens (tertiary/aromatic N) is 3. The molecule has 2 aromatic rings. The van der Waals surface area contributed by atoms with Gasteiger partial charge in [0.05, 0.1) is 23.5 Å². The maximum atomic E-state index is 13.1. The number of halogens is 3. The molecule has 6 nitrogen and oxygen atoms in total. The lowest BCUT2D eigenvalue weighted by Gasteiger charge is -2.19. The number of ether oxygens (including phenoxy) is 1. The van der Waals surface area contributed by atoms with Gasteiger partial charge in [-0.25, -0.2) is 4.98 Å². The average molecular weight is 416 g/mol. The van der Waals surface area contributed by atoms with Crippen molar-refractivity contribution in [3.8, 4) is 5.75 Å². The maximum absolute atomic E-state index is 13.1. The summed E-state index contributed by atoms with van der Waals surface area (Å²) < 4.78 is 45.6. The molecule has 9 heteroatoms. The molecule has 0 radical (unpaired) electrons. The summed E-state index contributed by atoms with van der Waals surface area (Å²) in [6, 6.07) is 6.04. The zero-order valence-electron chi connectivity index (χ0n) is 16.1. The number of anilines is 1. The molecular formula is C21H19F3N4O2. The van der Waals surface area contributed by atoms with Crippen LogP contribution >= 0.6 is 0 Å². The summed E-state index contributed by atoms with van der Waals surface area (Å²) in [7, 11) is 0. The SMILES string of the molecule is C=C(/C=C\C=C/C)C1=Nn2c(nc(COc3ccccc3C(F)(F)F)cc2=O)NC1. The number of para-hydroxylation sites is 1. The largest absolute Gasteiger partial charge is 0.487 e. The molecule has 2 heterocycles. The predicted molar refractivity (Wildman–Crippen MR) is 109 cm³/mol. The molecule has 0 spiro atoms. The topological polar surface area (TPSA) is 68.5 Å². The molecule has 1 aliphatic rings. The Bertz CT molecular complexity index is 1100. The van der Waals surface area contributed by atoms with Crippen LogP contribution in [0.2, 0.25) is 0 Å². The fourth-order valence-electron chi connectivity index (χ4n) is 2.66. The molecule has 1 aromatic heterocycles. The Balaban J connectivity index is 1.80. The van der Waals surface area contributed by atoms with E-state index in [4.69, 9.17) is 4.74 Å². The third kappa shape index (κ3) is 4.86. The van der Waals surface area contributed by atoms with Crippen LogP contribution in [0.3, 0.4) is 0 Å². The van der Waals surface area contributed by atoms with Crippen molar-refractivity contribution in [1.82, 2.24) is 9.66 Å². The molecule has 0 saturated carbocycles. The molecule has 3 rings (SSSR count). The molecule has 30 heavy (non-hydrogen) atoms. The average Bonchev–Trinajstić information content (AvgIpc) is 2.71. The number of aromatic nitrogens is 2. The third-order valence-corrected chi connectivity index (χ3v) is 4.12. The highest BCUT2D eigenvalue weighted by Crippen LogP contribution is 2.36. The summed E-state index contributed by atoms with van der Waals surface area (Å²) in [6.07, 6.45) is 2.73. The van der Waals surface area contributed by atoms with Crippen molar-refractivity contribution in [3.63, 3.8) is 0 Å². The molecule has 0 unspecified atom stereocenters. The summed E-state index contributed by atoms with van der Waals surface area (Å²) >= 11 is 0. The van der Waals surface area contributed by atoms with Crippen LogP contribution in [0.4, 0.5) is 19.1 Å². The monoisotopic (exact) mass is 416 g/mol. The second kappa shape index (κ2) is 8.81. The zero-order chi connectivity index (χ0) is 21.7. The number of benzene rings is 1. The van der Waals surface area contributed by atoms with Gasteiger partial charge in [0, 0.05) is 6.07 Å². The van der Waals surface area contributed by atoms with Gasteiger partial charge < -0.3 is 10.1 Å². The van der Waals surface area contributed by atoms with Gasteiger partial charge in [-0.05, 0) is 24.6 Å². The quantitative estimate of drug-likeness (QED) is 0.718. The summed E-state index contributed by atoms with van der Waals surface area (Å²) in [6.45, 7) is 5.81. The highest BCUT2D eigenvalue weighted by atomic mass is 19.4. The summed E-state index contributed by atoms with van der Waals surface area (Å²) in [5.41, 5.74) is -0.0000630. The number of rotatable bonds is 6. The van der Waals surface area contributed by atoms with Crippen molar-refractivity contribution < 1.29 is 17.9 Å². The molecule has 0 amide bonds. The minimum absolute atomic E-state index is 0.180. The van der Waals surface area contributed by atoms with Gasteiger partial charge in [-0.15, -0.1) is 0 Å². The van der Waals surface area contributed by atoms with Crippen LogP contribution in [0, 0.1) is 0 Å². The van der Waals surface area contributed by atoms with Crippen LogP contribution < -0.4 is 15.6 Å². The normalized spacial score (nSPS) is 13.8. The summed E-state index contributed by atoms with van der Waals surface area (Å²) in [5, 5.41) is 7.23. The van der Waals surface area contributed by atoms with Crippen molar-refractivity contribution in [1.29, 1.82) is 0 Å². The van der Waals surface area contributed by atoms with Crippen molar-refractivity contribution in [2.75, 3.05) is 11.9 Å². The molecule has 0 bridgehead atoms. The van der Waals surface area contributed by atoms with Gasteiger partial charge in [0.15, 0.2) is 0 Å². The molecule has 1 N–H and O–H groups in total. The smallest absolute Gasteiger partial charge is 0.419 e. The molecule has 1 aliphatic heterocycles. The van der Waals surface area contributed by atoms with Crippen molar-refractivity contribution in [2.45, 2.75) is 19.7 Å². The fourth-order valence-corrected chi connectivity index (χ4v) is 2.66. The highest BCUT2D eigenvalue weighted by molar-refractivity contribution is 6.05. The Morgan fingerprint density at radius 1 is 1.33 bits per heavy atom. The van der Waals surface area contributed by atoms with Gasteiger partial charge in [-0.3, -0.25) is 4.79 Å². The van der Waals surface area contributed by atoms with Gasteiger partial charge in [-0.2, -0.15) is 22.9 Å². The first kappa shape index (κ1) is 21.1. The molecular weight excluding hydrogens is 397 g/mol. The molecule has 156 valence electrons. The van der Waals surface area contributed by atoms with Crippen LogP contribution in [0.5, 0.6) is 5.75 Å². The van der Waals surface area contributed by atoms with E-state index >= 15 is 0 Å². The number of hydrogen-bond acceptors (Lipinski definition) is 5. The number of allylic oxidation sites excluding steroid dienone is 4. The van der Waals surface area contributed by atoms with Gasteiger partial charge in [0.25, 0.3) is 5.56 Å². The van der Waals surface area contributed by atoms with Crippen LogP contribution in [0.1, 0.15) is 18.2 Å². The van der Waals surface area contributed by atoms with E-state index in [0.29, 0.717) is 17.8 Å². The second-order valence-corrected chi connectivity index (χ2v) is 6.31. The first-order valence-electron chi connectivity index (χ1n) is 9.02. The lowest BCUT2D eigenvalue weighted by atomic mass is 10.1. The van der Waals surface area contributed by atoms with Gasteiger partial charge >= 0.3 is 6.18 Å². The van der Waals surface area contributed by atoms with E-state index in [2.05, 4.69) is 22.0 Å². The van der Waals surface area contributed by atoms with E-state index < -0.39 is 17.3 Å². The van der Waals surface area contributed by atoms with Crippen LogP contribution in [-0.2, 0) is 12.8 Å². The predicted octanol–water partition coefficient (Wildman–Crippen LogP) is 4.16. The standard InChI is InChI=1S/C21H19F3N4O2/c1-3-4-5-8-14(2)17-12-25-20-26-15(11-19(29)28(20)27-17)13-30-18-10-7-6-9-16(18)21(22,23)24/h3-11H,2,12-13H2,1H3,(H,25,26)/b4-3-,8-5-. The van der Waals surface area contributed by atoms with E-state index in [1.54, 1.807) is 12.2 Å². The Morgan fingerprint density at radius 3 is 2.83 bits per heavy atom. The van der Waals surface area contributed by atoms with Gasteiger partial charge in [0.2, 0.25) is 5.95 Å². The maximum Gasteiger partial charge on any atom is 0.419 e. The Labute approximate surface area is 170 Å². The fraction of sp³-hybridized carbons (Fsp3) is 0.190. The molecule has 0 fully saturated rings. The van der Waals surface area contributed by atoms with E-state index in [1.807, 2.05) is 19.1 Å². The molecule has 0 saturated heterocycles. The van der Waals surface area contributed by atoms with Crippen molar-refractivity contribution in [3.05, 3.63) is 88.4 Å². The zero-order valence-corrected chi connectivity index (χ0v) is 16.1. The first-order chi connectivity index (χ1) is 14.3. The van der Waals surface area contributed by atoms with E-state index in [1.165, 1.54) is 24.3 Å². The number of hydrogen-bond donors (Lipinski definition) is 1.